The summed E-state index contributed by atoms with van der Waals surface area (Å²) < 4.78 is 0. The maximum Gasteiger partial charge on any atom is 0.142 e. The van der Waals surface area contributed by atoms with Gasteiger partial charge in [-0.2, -0.15) is 5.26 Å². The normalized spacial score (nSPS) is 10.7. The van der Waals surface area contributed by atoms with Crippen molar-refractivity contribution in [1.29, 1.82) is 5.26 Å². The van der Waals surface area contributed by atoms with Crippen LogP contribution in [0.25, 0.3) is 11.1 Å². The average molecular weight is 384 g/mol. The Morgan fingerprint density at radius 1 is 1.00 bits per heavy atom. The lowest BCUT2D eigenvalue weighted by molar-refractivity contribution is 0.653. The molecule has 0 fully saturated rings. The molecule has 0 atom stereocenters. The van der Waals surface area contributed by atoms with E-state index >= 15 is 0 Å². The number of nitriles is 1. The number of anilines is 1. The van der Waals surface area contributed by atoms with E-state index in [0.717, 1.165) is 60.9 Å². The molecule has 0 saturated heterocycles. The van der Waals surface area contributed by atoms with Crippen LogP contribution in [0.4, 0.5) is 5.82 Å². The van der Waals surface area contributed by atoms with Crippen LogP contribution in [-0.4, -0.2) is 4.98 Å². The summed E-state index contributed by atoms with van der Waals surface area (Å²) in [5.74, 6) is 0.317. The lowest BCUT2D eigenvalue weighted by Crippen LogP contribution is -2.09. The molecule has 2 rings (SSSR count). The number of halogens is 1. The first-order valence-corrected chi connectivity index (χ1v) is 10.5. The molecule has 0 saturated carbocycles. The first-order chi connectivity index (χ1) is 13.1. The van der Waals surface area contributed by atoms with Gasteiger partial charge in [-0.3, -0.25) is 0 Å². The number of nitrogens with zero attached hydrogens (tertiary/aromatic N) is 2. The highest BCUT2D eigenvalue weighted by atomic mass is 35.5. The molecule has 1 aromatic heterocycles. The SMILES string of the molecule is CCCCCCc1nc(N)c(C#N)c(-c2ccccc2Cl)c1CCCCC. The molecule has 144 valence electrons. The third kappa shape index (κ3) is 5.47. The van der Waals surface area contributed by atoms with E-state index in [9.17, 15) is 5.26 Å². The minimum Gasteiger partial charge on any atom is -0.383 e. The summed E-state index contributed by atoms with van der Waals surface area (Å²) in [6.45, 7) is 4.41. The van der Waals surface area contributed by atoms with Crippen molar-refractivity contribution in [2.75, 3.05) is 5.73 Å². The first-order valence-electron chi connectivity index (χ1n) is 10.1. The van der Waals surface area contributed by atoms with Crippen LogP contribution in [0.15, 0.2) is 24.3 Å². The van der Waals surface area contributed by atoms with Gasteiger partial charge in [-0.25, -0.2) is 4.98 Å². The smallest absolute Gasteiger partial charge is 0.142 e. The second-order valence-corrected chi connectivity index (χ2v) is 7.44. The van der Waals surface area contributed by atoms with Gasteiger partial charge >= 0.3 is 0 Å². The molecule has 0 aliphatic carbocycles. The van der Waals surface area contributed by atoms with Gasteiger partial charge in [0.05, 0.1) is 0 Å². The lowest BCUT2D eigenvalue weighted by atomic mass is 9.89. The van der Waals surface area contributed by atoms with Crippen LogP contribution >= 0.6 is 11.6 Å². The summed E-state index contributed by atoms with van der Waals surface area (Å²) in [5.41, 5.74) is 10.6. The van der Waals surface area contributed by atoms with E-state index < -0.39 is 0 Å². The summed E-state index contributed by atoms with van der Waals surface area (Å²) in [6, 6.07) is 9.98. The molecular formula is C23H30ClN3. The van der Waals surface area contributed by atoms with E-state index in [2.05, 4.69) is 24.9 Å². The fraction of sp³-hybridized carbons (Fsp3) is 0.478. The predicted octanol–water partition coefficient (Wildman–Crippen LogP) is 6.71. The monoisotopic (exact) mass is 383 g/mol. The largest absolute Gasteiger partial charge is 0.383 e. The quantitative estimate of drug-likeness (QED) is 0.463. The van der Waals surface area contributed by atoms with Crippen LogP contribution in [0.5, 0.6) is 0 Å². The van der Waals surface area contributed by atoms with Gasteiger partial charge in [0.15, 0.2) is 0 Å². The Bertz CT molecular complexity index is 793. The summed E-state index contributed by atoms with van der Waals surface area (Å²) in [4.78, 5) is 4.65. The average Bonchev–Trinajstić information content (AvgIpc) is 2.67. The highest BCUT2D eigenvalue weighted by Crippen LogP contribution is 2.37. The van der Waals surface area contributed by atoms with Gasteiger partial charge < -0.3 is 5.73 Å². The second kappa shape index (κ2) is 10.9. The molecule has 0 amide bonds. The number of aromatic nitrogens is 1. The van der Waals surface area contributed by atoms with Crippen molar-refractivity contribution in [1.82, 2.24) is 4.98 Å². The predicted molar refractivity (Wildman–Crippen MR) is 115 cm³/mol. The van der Waals surface area contributed by atoms with Crippen LogP contribution in [0.2, 0.25) is 5.02 Å². The van der Waals surface area contributed by atoms with E-state index in [-0.39, 0.29) is 0 Å². The number of unbranched alkanes of at least 4 members (excludes halogenated alkanes) is 5. The molecule has 1 heterocycles. The Morgan fingerprint density at radius 3 is 2.33 bits per heavy atom. The van der Waals surface area contributed by atoms with E-state index in [0.29, 0.717) is 16.4 Å². The van der Waals surface area contributed by atoms with E-state index in [1.165, 1.54) is 19.3 Å². The van der Waals surface area contributed by atoms with Crippen LogP contribution in [-0.2, 0) is 12.8 Å². The molecule has 1 aromatic carbocycles. The molecule has 0 aliphatic rings. The van der Waals surface area contributed by atoms with Crippen LogP contribution in [0, 0.1) is 11.3 Å². The van der Waals surface area contributed by atoms with E-state index in [4.69, 9.17) is 17.3 Å². The third-order valence-electron chi connectivity index (χ3n) is 4.96. The van der Waals surface area contributed by atoms with Crippen molar-refractivity contribution in [3.63, 3.8) is 0 Å². The van der Waals surface area contributed by atoms with Gasteiger partial charge in [0, 0.05) is 21.8 Å². The van der Waals surface area contributed by atoms with E-state index in [1.807, 2.05) is 24.3 Å². The van der Waals surface area contributed by atoms with Gasteiger partial charge in [0.1, 0.15) is 17.5 Å². The van der Waals surface area contributed by atoms with Crippen LogP contribution in [0.1, 0.15) is 75.6 Å². The fourth-order valence-corrected chi connectivity index (χ4v) is 3.74. The summed E-state index contributed by atoms with van der Waals surface area (Å²) in [6.07, 6.45) is 9.90. The number of hydrogen-bond donors (Lipinski definition) is 1. The molecule has 2 N–H and O–H groups in total. The summed E-state index contributed by atoms with van der Waals surface area (Å²) in [7, 11) is 0. The van der Waals surface area contributed by atoms with Crippen LogP contribution in [0.3, 0.4) is 0 Å². The number of pyridine rings is 1. The molecule has 0 aliphatic heterocycles. The maximum absolute atomic E-state index is 9.77. The van der Waals surface area contributed by atoms with Crippen LogP contribution < -0.4 is 5.73 Å². The zero-order valence-corrected chi connectivity index (χ0v) is 17.3. The Morgan fingerprint density at radius 2 is 1.67 bits per heavy atom. The lowest BCUT2D eigenvalue weighted by Gasteiger charge is -2.18. The Labute approximate surface area is 168 Å². The molecule has 0 spiro atoms. The summed E-state index contributed by atoms with van der Waals surface area (Å²) >= 11 is 6.50. The first kappa shape index (κ1) is 21.3. The standard InChI is InChI=1S/C23H30ClN3/c1-3-5-7-9-15-21-18(13-8-6-4-2)22(19(16-25)23(26)27-21)17-12-10-11-14-20(17)24/h10-12,14H,3-9,13,15H2,1-2H3,(H2,26,27). The van der Waals surface area contributed by atoms with Gasteiger partial charge in [-0.15, -0.1) is 0 Å². The zero-order chi connectivity index (χ0) is 19.6. The number of benzene rings is 1. The molecule has 3 nitrogen and oxygen atoms in total. The highest BCUT2D eigenvalue weighted by molar-refractivity contribution is 6.33. The molecule has 0 radical (unpaired) electrons. The van der Waals surface area contributed by atoms with Crippen molar-refractivity contribution in [2.24, 2.45) is 0 Å². The summed E-state index contributed by atoms with van der Waals surface area (Å²) in [5, 5.41) is 10.4. The number of nitrogens with two attached hydrogens (primary N) is 1. The number of nitrogen functional groups attached to an aromatic ring is 1. The second-order valence-electron chi connectivity index (χ2n) is 7.03. The molecule has 0 unspecified atom stereocenters. The minimum absolute atomic E-state index is 0.317. The Balaban J connectivity index is 2.56. The maximum atomic E-state index is 9.77. The molecule has 27 heavy (non-hydrogen) atoms. The van der Waals surface area contributed by atoms with Crippen molar-refractivity contribution < 1.29 is 0 Å². The van der Waals surface area contributed by atoms with Gasteiger partial charge in [-0.05, 0) is 37.3 Å². The molecule has 0 bridgehead atoms. The molecule has 2 aromatic rings. The fourth-order valence-electron chi connectivity index (χ4n) is 3.51. The zero-order valence-electron chi connectivity index (χ0n) is 16.5. The van der Waals surface area contributed by atoms with Crippen molar-refractivity contribution in [3.8, 4) is 17.2 Å². The Hall–Kier alpha value is -2.05. The van der Waals surface area contributed by atoms with Crippen molar-refractivity contribution >= 4 is 17.4 Å². The Kier molecular flexibility index (Phi) is 8.61. The topological polar surface area (TPSA) is 62.7 Å². The minimum atomic E-state index is 0.317. The highest BCUT2D eigenvalue weighted by Gasteiger charge is 2.21. The number of rotatable bonds is 10. The van der Waals surface area contributed by atoms with E-state index in [1.54, 1.807) is 0 Å². The third-order valence-corrected chi connectivity index (χ3v) is 5.29. The van der Waals surface area contributed by atoms with Crippen molar-refractivity contribution in [2.45, 2.75) is 71.6 Å². The van der Waals surface area contributed by atoms with Gasteiger partial charge in [0.25, 0.3) is 0 Å². The van der Waals surface area contributed by atoms with Gasteiger partial charge in [-0.1, -0.05) is 75.8 Å². The molecular weight excluding hydrogens is 354 g/mol. The molecule has 4 heteroatoms. The number of aryl methyl sites for hydroxylation is 1. The van der Waals surface area contributed by atoms with Crippen molar-refractivity contribution in [3.05, 3.63) is 46.1 Å². The van der Waals surface area contributed by atoms with Gasteiger partial charge in [0.2, 0.25) is 0 Å². The number of hydrogen-bond acceptors (Lipinski definition) is 3.